The zero-order valence-corrected chi connectivity index (χ0v) is 13.3. The lowest BCUT2D eigenvalue weighted by Gasteiger charge is -2.32. The van der Waals surface area contributed by atoms with Crippen LogP contribution in [0.15, 0.2) is 6.07 Å². The topological polar surface area (TPSA) is 52.5 Å². The van der Waals surface area contributed by atoms with Crippen molar-refractivity contribution in [3.63, 3.8) is 0 Å². The number of nitrogens with zero attached hydrogens (tertiary/aromatic N) is 1. The molecule has 20 heavy (non-hydrogen) atoms. The molecule has 1 fully saturated rings. The Bertz CT molecular complexity index is 533. The van der Waals surface area contributed by atoms with E-state index in [2.05, 4.69) is 5.32 Å². The van der Waals surface area contributed by atoms with Gasteiger partial charge in [0, 0.05) is 25.4 Å². The average molecular weight is 278 g/mol. The van der Waals surface area contributed by atoms with Crippen molar-refractivity contribution < 1.29 is 14.1 Å². The molecule has 1 aromatic rings. The molecule has 5 nitrogen and oxygen atoms in total. The van der Waals surface area contributed by atoms with Crippen molar-refractivity contribution in [1.29, 1.82) is 0 Å². The van der Waals surface area contributed by atoms with Gasteiger partial charge >= 0.3 is 7.12 Å². The van der Waals surface area contributed by atoms with Crippen molar-refractivity contribution in [3.05, 3.63) is 17.3 Å². The van der Waals surface area contributed by atoms with Crippen LogP contribution in [-0.2, 0) is 16.4 Å². The van der Waals surface area contributed by atoms with Gasteiger partial charge in [0.15, 0.2) is 0 Å². The van der Waals surface area contributed by atoms with E-state index in [1.165, 1.54) is 0 Å². The van der Waals surface area contributed by atoms with Crippen LogP contribution in [0.2, 0.25) is 0 Å². The summed E-state index contributed by atoms with van der Waals surface area (Å²) in [6.45, 7) is 9.98. The predicted molar refractivity (Wildman–Crippen MR) is 79.3 cm³/mol. The van der Waals surface area contributed by atoms with Gasteiger partial charge in [0.25, 0.3) is 5.91 Å². The minimum atomic E-state index is -0.456. The molecule has 0 spiro atoms. The molecular formula is C14H23BN2O3. The van der Waals surface area contributed by atoms with Gasteiger partial charge in [0.1, 0.15) is 0 Å². The van der Waals surface area contributed by atoms with E-state index in [1.54, 1.807) is 7.05 Å². The first-order valence-corrected chi connectivity index (χ1v) is 6.84. The minimum Gasteiger partial charge on any atom is -0.398 e. The van der Waals surface area contributed by atoms with E-state index in [0.29, 0.717) is 5.56 Å². The highest BCUT2D eigenvalue weighted by atomic mass is 16.7. The van der Waals surface area contributed by atoms with Crippen molar-refractivity contribution >= 4 is 18.6 Å². The molecule has 110 valence electrons. The van der Waals surface area contributed by atoms with Crippen LogP contribution in [0.25, 0.3) is 0 Å². The lowest BCUT2D eigenvalue weighted by Crippen LogP contribution is -2.41. The van der Waals surface area contributed by atoms with Gasteiger partial charge in [0.05, 0.1) is 16.8 Å². The zero-order chi connectivity index (χ0) is 15.3. The fraction of sp³-hybridized carbons (Fsp3) is 0.643. The number of carbonyl (C=O) groups is 1. The summed E-state index contributed by atoms with van der Waals surface area (Å²) >= 11 is 0. The second-order valence-corrected chi connectivity index (χ2v) is 6.29. The largest absolute Gasteiger partial charge is 0.512 e. The summed E-state index contributed by atoms with van der Waals surface area (Å²) in [5.41, 5.74) is 1.64. The van der Waals surface area contributed by atoms with Crippen molar-refractivity contribution in [2.45, 2.75) is 45.8 Å². The first-order chi connectivity index (χ1) is 9.10. The van der Waals surface area contributed by atoms with E-state index in [9.17, 15) is 4.79 Å². The van der Waals surface area contributed by atoms with Crippen LogP contribution in [0.4, 0.5) is 0 Å². The van der Waals surface area contributed by atoms with Gasteiger partial charge in [0.2, 0.25) is 0 Å². The van der Waals surface area contributed by atoms with Crippen molar-refractivity contribution in [2.75, 3.05) is 7.05 Å². The normalized spacial score (nSPS) is 20.2. The molecular weight excluding hydrogens is 255 g/mol. The van der Waals surface area contributed by atoms with Crippen LogP contribution in [0.1, 0.15) is 43.7 Å². The Hall–Kier alpha value is -1.27. The fourth-order valence-electron chi connectivity index (χ4n) is 2.28. The van der Waals surface area contributed by atoms with Crippen molar-refractivity contribution in [3.8, 4) is 0 Å². The first kappa shape index (κ1) is 15.1. The summed E-state index contributed by atoms with van der Waals surface area (Å²) in [6.07, 6.45) is 0. The van der Waals surface area contributed by atoms with Crippen LogP contribution in [0.3, 0.4) is 0 Å². The van der Waals surface area contributed by atoms with Crippen molar-refractivity contribution in [2.24, 2.45) is 7.05 Å². The van der Waals surface area contributed by atoms with Gasteiger partial charge < -0.3 is 19.2 Å². The molecule has 1 N–H and O–H groups in total. The van der Waals surface area contributed by atoms with Gasteiger partial charge in [-0.1, -0.05) is 0 Å². The number of aromatic nitrogens is 1. The third kappa shape index (κ3) is 2.17. The highest BCUT2D eigenvalue weighted by Gasteiger charge is 2.52. The number of rotatable bonds is 2. The lowest BCUT2D eigenvalue weighted by molar-refractivity contribution is 0.00578. The van der Waals surface area contributed by atoms with Gasteiger partial charge in [-0.05, 0) is 40.7 Å². The summed E-state index contributed by atoms with van der Waals surface area (Å²) in [6, 6.07) is 1.84. The molecule has 2 rings (SSSR count). The Morgan fingerprint density at radius 1 is 1.25 bits per heavy atom. The molecule has 1 aliphatic heterocycles. The lowest BCUT2D eigenvalue weighted by atomic mass is 9.84. The van der Waals surface area contributed by atoms with Crippen LogP contribution < -0.4 is 10.9 Å². The van der Waals surface area contributed by atoms with Crippen LogP contribution in [0.5, 0.6) is 0 Å². The number of amides is 1. The molecule has 0 saturated carbocycles. The number of nitrogens with one attached hydrogen (secondary N) is 1. The molecule has 1 amide bonds. The smallest absolute Gasteiger partial charge is 0.398 e. The first-order valence-electron chi connectivity index (χ1n) is 6.84. The fourth-order valence-corrected chi connectivity index (χ4v) is 2.28. The summed E-state index contributed by atoms with van der Waals surface area (Å²) in [7, 11) is 3.09. The average Bonchev–Trinajstić information content (AvgIpc) is 2.74. The third-order valence-corrected chi connectivity index (χ3v) is 4.54. The summed E-state index contributed by atoms with van der Waals surface area (Å²) in [5, 5.41) is 2.65. The van der Waals surface area contributed by atoms with E-state index >= 15 is 0 Å². The number of carbonyl (C=O) groups excluding carboxylic acids is 1. The van der Waals surface area contributed by atoms with E-state index in [-0.39, 0.29) is 17.1 Å². The molecule has 1 aromatic heterocycles. The second kappa shape index (κ2) is 4.64. The van der Waals surface area contributed by atoms with Gasteiger partial charge in [-0.3, -0.25) is 4.79 Å². The molecule has 0 aliphatic carbocycles. The molecule has 0 bridgehead atoms. The summed E-state index contributed by atoms with van der Waals surface area (Å²) in [4.78, 5) is 11.9. The summed E-state index contributed by atoms with van der Waals surface area (Å²) in [5.74, 6) is -0.0964. The number of hydrogen-bond acceptors (Lipinski definition) is 3. The van der Waals surface area contributed by atoms with Gasteiger partial charge in [-0.15, -0.1) is 0 Å². The van der Waals surface area contributed by atoms with Crippen LogP contribution in [0, 0.1) is 6.92 Å². The van der Waals surface area contributed by atoms with Gasteiger partial charge in [-0.25, -0.2) is 0 Å². The van der Waals surface area contributed by atoms with Crippen LogP contribution in [-0.4, -0.2) is 35.8 Å². The Labute approximate surface area is 120 Å². The maximum absolute atomic E-state index is 11.9. The Morgan fingerprint density at radius 3 is 2.20 bits per heavy atom. The predicted octanol–water partition coefficient (Wildman–Crippen LogP) is 0.992. The molecule has 2 heterocycles. The Balaban J connectivity index is 2.39. The highest BCUT2D eigenvalue weighted by Crippen LogP contribution is 2.36. The molecule has 1 saturated heterocycles. The van der Waals surface area contributed by atoms with Crippen LogP contribution >= 0.6 is 0 Å². The van der Waals surface area contributed by atoms with E-state index in [1.807, 2.05) is 52.3 Å². The molecule has 0 aromatic carbocycles. The monoisotopic (exact) mass is 278 g/mol. The van der Waals surface area contributed by atoms with Crippen molar-refractivity contribution in [1.82, 2.24) is 9.88 Å². The van der Waals surface area contributed by atoms with Gasteiger partial charge in [-0.2, -0.15) is 0 Å². The second-order valence-electron chi connectivity index (χ2n) is 6.29. The standard InChI is InChI=1S/C14H23BN2O3/c1-9-10(12(18)16-6)8-11(17(9)7)15-19-13(2,3)14(4,5)20-15/h8H,1-7H3,(H,16,18). The Kier molecular flexibility index (Phi) is 3.51. The molecule has 0 unspecified atom stereocenters. The zero-order valence-electron chi connectivity index (χ0n) is 13.3. The molecule has 0 radical (unpaired) electrons. The maximum atomic E-state index is 11.9. The summed E-state index contributed by atoms with van der Waals surface area (Å²) < 4.78 is 14.0. The van der Waals surface area contributed by atoms with E-state index < -0.39 is 7.12 Å². The molecule has 1 aliphatic rings. The minimum absolute atomic E-state index is 0.0964. The molecule has 0 atom stereocenters. The van der Waals surface area contributed by atoms with E-state index in [4.69, 9.17) is 9.31 Å². The van der Waals surface area contributed by atoms with E-state index in [0.717, 1.165) is 11.3 Å². The number of hydrogen-bond donors (Lipinski definition) is 1. The SMILES string of the molecule is CNC(=O)c1cc(B2OC(C)(C)C(C)(C)O2)n(C)c1C. The highest BCUT2D eigenvalue weighted by molar-refractivity contribution is 6.61. The maximum Gasteiger partial charge on any atom is 0.512 e. The molecule has 6 heteroatoms. The quantitative estimate of drug-likeness (QED) is 0.821. The third-order valence-electron chi connectivity index (χ3n) is 4.54. The Morgan fingerprint density at radius 2 is 1.75 bits per heavy atom.